The average molecular weight is 216 g/mol. The molecule has 0 saturated heterocycles. The summed E-state index contributed by atoms with van der Waals surface area (Å²) in [6.07, 6.45) is 3.53. The summed E-state index contributed by atoms with van der Waals surface area (Å²) in [6.45, 7) is 2.21. The molecule has 0 aliphatic rings. The van der Waals surface area contributed by atoms with Crippen LogP contribution in [-0.2, 0) is 4.79 Å². The van der Waals surface area contributed by atoms with Crippen molar-refractivity contribution in [2.24, 2.45) is 0 Å². The highest BCUT2D eigenvalue weighted by Crippen LogP contribution is 2.25. The molecule has 1 N–H and O–H groups in total. The van der Waals surface area contributed by atoms with E-state index in [-0.39, 0.29) is 0 Å². The van der Waals surface area contributed by atoms with Crippen LogP contribution in [0.5, 0.6) is 0 Å². The summed E-state index contributed by atoms with van der Waals surface area (Å²) < 4.78 is -1.86. The van der Waals surface area contributed by atoms with Crippen molar-refractivity contribution in [1.82, 2.24) is 5.32 Å². The van der Waals surface area contributed by atoms with Gasteiger partial charge in [-0.25, -0.2) is 0 Å². The number of halogens is 3. The van der Waals surface area contributed by atoms with Gasteiger partial charge in [-0.15, -0.1) is 0 Å². The maximum Gasteiger partial charge on any atom is 0.272 e. The predicted molar refractivity (Wildman–Crippen MR) is 48.1 cm³/mol. The third kappa shape index (κ3) is 5.36. The van der Waals surface area contributed by atoms with E-state index in [9.17, 15) is 4.79 Å². The van der Waals surface area contributed by atoms with Gasteiger partial charge in [0.15, 0.2) is 0 Å². The number of allylic oxidation sites excluding steroid dienone is 1. The van der Waals surface area contributed by atoms with Crippen LogP contribution in [0, 0.1) is 0 Å². The Morgan fingerprint density at radius 2 is 2.09 bits per heavy atom. The lowest BCUT2D eigenvalue weighted by Crippen LogP contribution is -2.34. The summed E-state index contributed by atoms with van der Waals surface area (Å²) in [5.41, 5.74) is 0. The molecule has 0 saturated carbocycles. The molecule has 2 nitrogen and oxygen atoms in total. The van der Waals surface area contributed by atoms with Gasteiger partial charge in [0.05, 0.1) is 0 Å². The summed E-state index contributed by atoms with van der Waals surface area (Å²) in [5.74, 6) is -0.611. The molecule has 11 heavy (non-hydrogen) atoms. The van der Waals surface area contributed by atoms with Crippen LogP contribution >= 0.6 is 34.8 Å². The Labute approximate surface area is 80.5 Å². The normalized spacial score (nSPS) is 12.0. The number of carbonyl (C=O) groups excluding carboxylic acids is 1. The van der Waals surface area contributed by atoms with Gasteiger partial charge in [0.2, 0.25) is 0 Å². The van der Waals surface area contributed by atoms with Crippen LogP contribution in [0.15, 0.2) is 12.2 Å². The fourth-order valence-corrected chi connectivity index (χ4v) is 0.570. The second-order valence-electron chi connectivity index (χ2n) is 1.78. The van der Waals surface area contributed by atoms with E-state index >= 15 is 0 Å². The summed E-state index contributed by atoms with van der Waals surface area (Å²) in [6, 6.07) is 0. The molecule has 0 aliphatic carbocycles. The lowest BCUT2D eigenvalue weighted by Gasteiger charge is -2.08. The van der Waals surface area contributed by atoms with Gasteiger partial charge in [-0.1, -0.05) is 47.0 Å². The lowest BCUT2D eigenvalue weighted by molar-refractivity contribution is -0.120. The van der Waals surface area contributed by atoms with Crippen LogP contribution < -0.4 is 5.32 Å². The van der Waals surface area contributed by atoms with E-state index in [1.165, 1.54) is 0 Å². The first-order valence-electron chi connectivity index (χ1n) is 2.94. The number of rotatable bonds is 2. The second-order valence-corrected chi connectivity index (χ2v) is 4.06. The van der Waals surface area contributed by atoms with Crippen molar-refractivity contribution in [2.45, 2.75) is 10.7 Å². The van der Waals surface area contributed by atoms with Crippen LogP contribution in [0.4, 0.5) is 0 Å². The van der Waals surface area contributed by atoms with Crippen molar-refractivity contribution in [3.8, 4) is 0 Å². The zero-order chi connectivity index (χ0) is 8.91. The Kier molecular flexibility index (Phi) is 4.89. The van der Waals surface area contributed by atoms with E-state index in [2.05, 4.69) is 5.32 Å². The van der Waals surface area contributed by atoms with Gasteiger partial charge in [-0.05, 0) is 6.92 Å². The van der Waals surface area contributed by atoms with E-state index in [0.29, 0.717) is 6.54 Å². The number of amides is 1. The van der Waals surface area contributed by atoms with Gasteiger partial charge >= 0.3 is 0 Å². The van der Waals surface area contributed by atoms with Crippen molar-refractivity contribution in [3.05, 3.63) is 12.2 Å². The van der Waals surface area contributed by atoms with Crippen molar-refractivity contribution < 1.29 is 4.79 Å². The molecule has 0 atom stereocenters. The molecule has 0 aromatic carbocycles. The van der Waals surface area contributed by atoms with Crippen LogP contribution in [0.3, 0.4) is 0 Å². The van der Waals surface area contributed by atoms with Crippen molar-refractivity contribution in [2.75, 3.05) is 6.54 Å². The Morgan fingerprint density at radius 1 is 1.55 bits per heavy atom. The molecule has 0 bridgehead atoms. The number of carbonyl (C=O) groups is 1. The Balaban J connectivity index is 3.71. The zero-order valence-electron chi connectivity index (χ0n) is 5.90. The van der Waals surface area contributed by atoms with E-state index < -0.39 is 9.70 Å². The minimum atomic E-state index is -1.86. The molecule has 0 fully saturated rings. The quantitative estimate of drug-likeness (QED) is 0.555. The Morgan fingerprint density at radius 3 is 2.45 bits per heavy atom. The molecule has 0 radical (unpaired) electrons. The number of nitrogens with one attached hydrogen (secondary N) is 1. The smallest absolute Gasteiger partial charge is 0.272 e. The standard InChI is InChI=1S/C6H8Cl3NO/c1-2-3-4-10-5(11)6(7,8)9/h2-3H,4H2,1H3,(H,10,11)/b3-2+. The molecule has 0 unspecified atom stereocenters. The molecule has 5 heteroatoms. The van der Waals surface area contributed by atoms with E-state index in [4.69, 9.17) is 34.8 Å². The van der Waals surface area contributed by atoms with Crippen LogP contribution in [0.1, 0.15) is 6.92 Å². The molecular weight excluding hydrogens is 208 g/mol. The monoisotopic (exact) mass is 215 g/mol. The number of alkyl halides is 3. The number of hydrogen-bond donors (Lipinski definition) is 1. The van der Waals surface area contributed by atoms with Crippen molar-refractivity contribution in [3.63, 3.8) is 0 Å². The third-order valence-corrected chi connectivity index (χ3v) is 1.39. The second kappa shape index (κ2) is 4.86. The molecule has 0 aliphatic heterocycles. The van der Waals surface area contributed by atoms with Crippen molar-refractivity contribution in [1.29, 1.82) is 0 Å². The molecule has 64 valence electrons. The predicted octanol–water partition coefficient (Wildman–Crippen LogP) is 2.05. The van der Waals surface area contributed by atoms with Crippen molar-refractivity contribution >= 4 is 40.7 Å². The first kappa shape index (κ1) is 11.1. The Bertz CT molecular complexity index is 162. The van der Waals surface area contributed by atoms with E-state index in [1.54, 1.807) is 12.2 Å². The molecule has 0 rings (SSSR count). The highest BCUT2D eigenvalue weighted by atomic mass is 35.6. The molecule has 0 heterocycles. The van der Waals surface area contributed by atoms with Crippen LogP contribution in [0.25, 0.3) is 0 Å². The lowest BCUT2D eigenvalue weighted by atomic mass is 10.5. The first-order valence-corrected chi connectivity index (χ1v) is 4.08. The summed E-state index contributed by atoms with van der Waals surface area (Å²) in [7, 11) is 0. The summed E-state index contributed by atoms with van der Waals surface area (Å²) in [5, 5.41) is 2.40. The minimum absolute atomic E-state index is 0.378. The number of hydrogen-bond acceptors (Lipinski definition) is 1. The molecule has 0 aromatic heterocycles. The maximum absolute atomic E-state index is 10.8. The van der Waals surface area contributed by atoms with Gasteiger partial charge in [0, 0.05) is 6.54 Å². The molecule has 1 amide bonds. The maximum atomic E-state index is 10.8. The largest absolute Gasteiger partial charge is 0.349 e. The SMILES string of the molecule is C/C=C/CNC(=O)C(Cl)(Cl)Cl. The fraction of sp³-hybridized carbons (Fsp3) is 0.500. The van der Waals surface area contributed by atoms with Gasteiger partial charge in [0.25, 0.3) is 9.70 Å². The topological polar surface area (TPSA) is 29.1 Å². The van der Waals surface area contributed by atoms with Gasteiger partial charge in [-0.2, -0.15) is 0 Å². The summed E-state index contributed by atoms with van der Waals surface area (Å²) >= 11 is 15.8. The van der Waals surface area contributed by atoms with Gasteiger partial charge < -0.3 is 5.32 Å². The van der Waals surface area contributed by atoms with E-state index in [0.717, 1.165) is 0 Å². The first-order chi connectivity index (χ1) is 4.98. The highest BCUT2D eigenvalue weighted by molar-refractivity contribution is 6.76. The van der Waals surface area contributed by atoms with Gasteiger partial charge in [0.1, 0.15) is 0 Å². The third-order valence-electron chi connectivity index (χ3n) is 0.874. The minimum Gasteiger partial charge on any atom is -0.349 e. The summed E-state index contributed by atoms with van der Waals surface area (Å²) in [4.78, 5) is 10.8. The van der Waals surface area contributed by atoms with Crippen LogP contribution in [0.2, 0.25) is 0 Å². The zero-order valence-corrected chi connectivity index (χ0v) is 8.17. The Hall–Kier alpha value is 0.0800. The van der Waals surface area contributed by atoms with E-state index in [1.807, 2.05) is 6.92 Å². The fourth-order valence-electron chi connectivity index (χ4n) is 0.370. The average Bonchev–Trinajstić information content (AvgIpc) is 1.86. The molecule has 0 spiro atoms. The van der Waals surface area contributed by atoms with Crippen LogP contribution in [-0.4, -0.2) is 16.2 Å². The van der Waals surface area contributed by atoms with Gasteiger partial charge in [-0.3, -0.25) is 4.79 Å². The molecule has 0 aromatic rings. The molecular formula is C6H8Cl3NO. The highest BCUT2D eigenvalue weighted by Gasteiger charge is 2.29.